The van der Waals surface area contributed by atoms with Crippen LogP contribution in [0.1, 0.15) is 45.6 Å². The van der Waals surface area contributed by atoms with E-state index in [-0.39, 0.29) is 29.2 Å². The number of nitrogens with one attached hydrogen (secondary N) is 1. The molecule has 1 aliphatic rings. The maximum Gasteiger partial charge on any atom is 0.223 e. The van der Waals surface area contributed by atoms with Gasteiger partial charge in [-0.05, 0) is 42.0 Å². The first kappa shape index (κ1) is 17.9. The highest BCUT2D eigenvalue weighted by atomic mass is 19.1. The van der Waals surface area contributed by atoms with Gasteiger partial charge in [0.2, 0.25) is 5.91 Å². The summed E-state index contributed by atoms with van der Waals surface area (Å²) in [5.41, 5.74) is -0.176. The fourth-order valence-electron chi connectivity index (χ4n) is 3.08. The minimum Gasteiger partial charge on any atom is -0.392 e. The van der Waals surface area contributed by atoms with E-state index in [0.29, 0.717) is 13.0 Å². The molecule has 3 unspecified atom stereocenters. The Labute approximate surface area is 136 Å². The molecule has 0 saturated heterocycles. The van der Waals surface area contributed by atoms with Crippen molar-refractivity contribution < 1.29 is 18.7 Å². The van der Waals surface area contributed by atoms with Crippen LogP contribution >= 0.6 is 0 Å². The summed E-state index contributed by atoms with van der Waals surface area (Å²) in [4.78, 5) is 12.2. The van der Waals surface area contributed by atoms with Crippen molar-refractivity contribution in [2.75, 3.05) is 6.54 Å². The number of hydrogen-bond acceptors (Lipinski definition) is 2. The van der Waals surface area contributed by atoms with Crippen LogP contribution < -0.4 is 5.32 Å². The van der Waals surface area contributed by atoms with Crippen LogP contribution in [-0.4, -0.2) is 23.7 Å². The van der Waals surface area contributed by atoms with E-state index in [9.17, 15) is 18.7 Å². The first-order valence-electron chi connectivity index (χ1n) is 8.04. The van der Waals surface area contributed by atoms with E-state index in [1.807, 2.05) is 27.7 Å². The van der Waals surface area contributed by atoms with Crippen LogP contribution in [-0.2, 0) is 4.79 Å². The van der Waals surface area contributed by atoms with Gasteiger partial charge >= 0.3 is 0 Å². The van der Waals surface area contributed by atoms with Gasteiger partial charge in [-0.2, -0.15) is 0 Å². The molecule has 0 aromatic heterocycles. The Bertz CT molecular complexity index is 586. The summed E-state index contributed by atoms with van der Waals surface area (Å²) in [6.45, 7) is 8.00. The summed E-state index contributed by atoms with van der Waals surface area (Å²) in [7, 11) is 0. The van der Waals surface area contributed by atoms with Crippen LogP contribution in [0.5, 0.6) is 0 Å². The molecule has 0 radical (unpaired) electrons. The lowest BCUT2D eigenvalue weighted by Crippen LogP contribution is -2.44. The second-order valence-electron chi connectivity index (χ2n) is 7.51. The molecular formula is C18H25F2NO2. The molecule has 0 heterocycles. The number of aliphatic hydroxyl groups is 1. The average molecular weight is 325 g/mol. The molecule has 5 heteroatoms. The molecule has 1 aliphatic carbocycles. The van der Waals surface area contributed by atoms with Gasteiger partial charge < -0.3 is 10.4 Å². The van der Waals surface area contributed by atoms with Crippen LogP contribution in [0.15, 0.2) is 18.2 Å². The van der Waals surface area contributed by atoms with Crippen molar-refractivity contribution in [2.24, 2.45) is 17.3 Å². The predicted molar refractivity (Wildman–Crippen MR) is 84.8 cm³/mol. The molecule has 3 nitrogen and oxygen atoms in total. The maximum atomic E-state index is 13.7. The van der Waals surface area contributed by atoms with Crippen molar-refractivity contribution >= 4 is 5.91 Å². The average Bonchev–Trinajstić information content (AvgIpc) is 3.26. The fraction of sp³-hybridized carbons (Fsp3) is 0.611. The Kier molecular flexibility index (Phi) is 5.09. The van der Waals surface area contributed by atoms with Crippen molar-refractivity contribution in [2.45, 2.75) is 46.1 Å². The molecule has 3 atom stereocenters. The van der Waals surface area contributed by atoms with Crippen LogP contribution in [0.4, 0.5) is 8.78 Å². The lowest BCUT2D eigenvalue weighted by Gasteiger charge is -2.33. The summed E-state index contributed by atoms with van der Waals surface area (Å²) >= 11 is 0. The largest absolute Gasteiger partial charge is 0.392 e. The van der Waals surface area contributed by atoms with Crippen LogP contribution in [0.3, 0.4) is 0 Å². The molecule has 2 N–H and O–H groups in total. The Hall–Kier alpha value is -1.49. The lowest BCUT2D eigenvalue weighted by molar-refractivity contribution is -0.123. The van der Waals surface area contributed by atoms with Crippen molar-refractivity contribution in [1.29, 1.82) is 0 Å². The Morgan fingerprint density at radius 1 is 1.39 bits per heavy atom. The zero-order valence-electron chi connectivity index (χ0n) is 14.1. The Balaban J connectivity index is 1.93. The number of halogens is 2. The van der Waals surface area contributed by atoms with Gasteiger partial charge in [-0.15, -0.1) is 0 Å². The standard InChI is InChI=1S/C18H25F2NO2/c1-10(2)16(22)18(3,4)9-21-17(23)14-8-12(14)13-7-11(19)5-6-15(13)20/h5-7,10,12,14,16,22H,8-9H2,1-4H3,(H,21,23). The zero-order chi connectivity index (χ0) is 17.4. The van der Waals surface area contributed by atoms with Gasteiger partial charge in [0.25, 0.3) is 0 Å². The first-order valence-corrected chi connectivity index (χ1v) is 8.04. The van der Waals surface area contributed by atoms with Crippen LogP contribution in [0.2, 0.25) is 0 Å². The third-order valence-corrected chi connectivity index (χ3v) is 4.64. The highest BCUT2D eigenvalue weighted by molar-refractivity contribution is 5.82. The number of carbonyl (C=O) groups is 1. The van der Waals surface area contributed by atoms with Gasteiger partial charge in [-0.1, -0.05) is 27.7 Å². The first-order chi connectivity index (χ1) is 10.6. The summed E-state index contributed by atoms with van der Waals surface area (Å²) in [5, 5.41) is 13.0. The van der Waals surface area contributed by atoms with E-state index in [1.165, 1.54) is 6.07 Å². The van der Waals surface area contributed by atoms with Crippen LogP contribution in [0.25, 0.3) is 0 Å². The molecule has 2 rings (SSSR count). The van der Waals surface area contributed by atoms with Crippen molar-refractivity contribution in [3.63, 3.8) is 0 Å². The quantitative estimate of drug-likeness (QED) is 0.844. The van der Waals surface area contributed by atoms with Gasteiger partial charge in [-0.3, -0.25) is 4.79 Å². The summed E-state index contributed by atoms with van der Waals surface area (Å²) < 4.78 is 27.0. The van der Waals surface area contributed by atoms with E-state index in [4.69, 9.17) is 0 Å². The molecule has 1 aromatic rings. The molecular weight excluding hydrogens is 300 g/mol. The Morgan fingerprint density at radius 2 is 2.04 bits per heavy atom. The van der Waals surface area contributed by atoms with Crippen molar-refractivity contribution in [3.05, 3.63) is 35.4 Å². The fourth-order valence-corrected chi connectivity index (χ4v) is 3.08. The normalized spacial score (nSPS) is 22.1. The highest BCUT2D eigenvalue weighted by Crippen LogP contribution is 2.48. The number of hydrogen-bond donors (Lipinski definition) is 2. The highest BCUT2D eigenvalue weighted by Gasteiger charge is 2.45. The summed E-state index contributed by atoms with van der Waals surface area (Å²) in [6.07, 6.45) is -0.00205. The van der Waals surface area contributed by atoms with E-state index in [1.54, 1.807) is 0 Å². The molecule has 0 bridgehead atoms. The SMILES string of the molecule is CC(C)C(O)C(C)(C)CNC(=O)C1CC1c1cc(F)ccc1F. The van der Waals surface area contributed by atoms with Crippen LogP contribution in [0, 0.1) is 28.9 Å². The topological polar surface area (TPSA) is 49.3 Å². The second kappa shape index (κ2) is 6.56. The van der Waals surface area contributed by atoms with Crippen molar-refractivity contribution in [3.8, 4) is 0 Å². The van der Waals surface area contributed by atoms with Gasteiger partial charge in [-0.25, -0.2) is 8.78 Å². The molecule has 1 aromatic carbocycles. The number of aliphatic hydroxyl groups excluding tert-OH is 1. The minimum absolute atomic E-state index is 0.0944. The van der Waals surface area contributed by atoms with Gasteiger partial charge in [0.1, 0.15) is 11.6 Å². The van der Waals surface area contributed by atoms with Gasteiger partial charge in [0.15, 0.2) is 0 Å². The monoisotopic (exact) mass is 325 g/mol. The van der Waals surface area contributed by atoms with Crippen molar-refractivity contribution in [1.82, 2.24) is 5.32 Å². The van der Waals surface area contributed by atoms with E-state index in [2.05, 4.69) is 5.32 Å². The lowest BCUT2D eigenvalue weighted by atomic mass is 9.80. The molecule has 0 spiro atoms. The number of benzene rings is 1. The molecule has 1 amide bonds. The van der Waals surface area contributed by atoms with Gasteiger partial charge in [0.05, 0.1) is 6.10 Å². The maximum absolute atomic E-state index is 13.7. The minimum atomic E-state index is -0.529. The smallest absolute Gasteiger partial charge is 0.223 e. The molecule has 1 fully saturated rings. The zero-order valence-corrected chi connectivity index (χ0v) is 14.1. The van der Waals surface area contributed by atoms with E-state index in [0.717, 1.165) is 12.1 Å². The van der Waals surface area contributed by atoms with E-state index >= 15 is 0 Å². The summed E-state index contributed by atoms with van der Waals surface area (Å²) in [6, 6.07) is 3.34. The second-order valence-corrected chi connectivity index (χ2v) is 7.51. The Morgan fingerprint density at radius 3 is 2.65 bits per heavy atom. The van der Waals surface area contributed by atoms with E-state index < -0.39 is 23.2 Å². The number of amides is 1. The molecule has 128 valence electrons. The number of rotatable bonds is 6. The predicted octanol–water partition coefficient (Wildman–Crippen LogP) is 3.23. The molecule has 1 saturated carbocycles. The number of carbonyl (C=O) groups excluding carboxylic acids is 1. The molecule has 0 aliphatic heterocycles. The molecule has 23 heavy (non-hydrogen) atoms. The third-order valence-electron chi connectivity index (χ3n) is 4.64. The third kappa shape index (κ3) is 4.08. The summed E-state index contributed by atoms with van der Waals surface area (Å²) in [5.74, 6) is -1.61. The van der Waals surface area contributed by atoms with Gasteiger partial charge in [0, 0.05) is 17.9 Å².